The van der Waals surface area contributed by atoms with Crippen LogP contribution >= 0.6 is 36.4 Å². The lowest BCUT2D eigenvalue weighted by Gasteiger charge is -2.36. The first-order valence-corrected chi connectivity index (χ1v) is 8.88. The predicted molar refractivity (Wildman–Crippen MR) is 110 cm³/mol. The Labute approximate surface area is 176 Å². The number of morpholine rings is 1. The van der Waals surface area contributed by atoms with Crippen molar-refractivity contribution in [2.75, 3.05) is 57.4 Å². The second-order valence-corrected chi connectivity index (χ2v) is 6.58. The van der Waals surface area contributed by atoms with Gasteiger partial charge in [-0.2, -0.15) is 0 Å². The summed E-state index contributed by atoms with van der Waals surface area (Å²) in [5, 5.41) is 6.48. The zero-order chi connectivity index (χ0) is 17.6. The highest BCUT2D eigenvalue weighted by molar-refractivity contribution is 6.30. The quantitative estimate of drug-likeness (QED) is 0.730. The highest BCUT2D eigenvalue weighted by atomic mass is 35.5. The van der Waals surface area contributed by atoms with E-state index in [4.69, 9.17) is 16.3 Å². The number of benzene rings is 1. The molecule has 2 N–H and O–H groups in total. The number of carbonyl (C=O) groups is 2. The molecule has 1 unspecified atom stereocenters. The fourth-order valence-electron chi connectivity index (χ4n) is 3.00. The normalized spacial score (nSPS) is 19.5. The summed E-state index contributed by atoms with van der Waals surface area (Å²) in [6.07, 6.45) is 0. The molecule has 1 aromatic carbocycles. The molecule has 1 atom stereocenters. The Kier molecular flexibility index (Phi) is 10.2. The van der Waals surface area contributed by atoms with E-state index in [9.17, 15) is 9.59 Å². The molecule has 2 aliphatic rings. The van der Waals surface area contributed by atoms with Gasteiger partial charge < -0.3 is 25.2 Å². The van der Waals surface area contributed by atoms with Crippen molar-refractivity contribution < 1.29 is 14.3 Å². The van der Waals surface area contributed by atoms with Gasteiger partial charge in [0, 0.05) is 43.4 Å². The van der Waals surface area contributed by atoms with Gasteiger partial charge in [0.15, 0.2) is 0 Å². The van der Waals surface area contributed by atoms with E-state index in [1.54, 1.807) is 4.90 Å². The largest absolute Gasteiger partial charge is 0.378 e. The molecule has 1 aromatic rings. The molecule has 10 heteroatoms. The Bertz CT molecular complexity index is 604. The number of carbonyl (C=O) groups excluding carboxylic acids is 2. The molecule has 0 aromatic heterocycles. The molecule has 2 saturated heterocycles. The monoisotopic (exact) mass is 438 g/mol. The Morgan fingerprint density at radius 2 is 1.81 bits per heavy atom. The van der Waals surface area contributed by atoms with E-state index in [2.05, 4.69) is 15.5 Å². The van der Waals surface area contributed by atoms with E-state index in [1.165, 1.54) is 0 Å². The highest BCUT2D eigenvalue weighted by Crippen LogP contribution is 2.19. The van der Waals surface area contributed by atoms with Crippen LogP contribution in [0.15, 0.2) is 24.3 Å². The molecule has 7 nitrogen and oxygen atoms in total. The van der Waals surface area contributed by atoms with Gasteiger partial charge in [0.2, 0.25) is 11.8 Å². The summed E-state index contributed by atoms with van der Waals surface area (Å²) in [5.41, 5.74) is 1.10. The molecule has 0 bridgehead atoms. The van der Waals surface area contributed by atoms with Gasteiger partial charge in [0.1, 0.15) is 6.04 Å². The van der Waals surface area contributed by atoms with Gasteiger partial charge in [-0.05, 0) is 24.3 Å². The maximum absolute atomic E-state index is 12.3. The zero-order valence-corrected chi connectivity index (χ0v) is 17.2. The molecule has 2 fully saturated rings. The Hall–Kier alpha value is -1.25. The number of nitrogens with one attached hydrogen (secondary N) is 2. The molecular weight excluding hydrogens is 415 g/mol. The van der Waals surface area contributed by atoms with E-state index in [0.717, 1.165) is 18.8 Å². The van der Waals surface area contributed by atoms with Gasteiger partial charge >= 0.3 is 0 Å². The van der Waals surface area contributed by atoms with Crippen LogP contribution in [0.4, 0.5) is 5.69 Å². The van der Waals surface area contributed by atoms with Gasteiger partial charge in [-0.3, -0.25) is 9.59 Å². The number of rotatable bonds is 4. The van der Waals surface area contributed by atoms with Crippen LogP contribution in [0.5, 0.6) is 0 Å². The van der Waals surface area contributed by atoms with Crippen LogP contribution in [0, 0.1) is 0 Å². The zero-order valence-electron chi connectivity index (χ0n) is 14.9. The number of anilines is 1. The number of piperazine rings is 1. The number of ether oxygens (including phenoxy) is 1. The number of halogens is 3. The smallest absolute Gasteiger partial charge is 0.242 e. The van der Waals surface area contributed by atoms with Crippen molar-refractivity contribution in [2.45, 2.75) is 6.04 Å². The molecule has 152 valence electrons. The van der Waals surface area contributed by atoms with E-state index in [-0.39, 0.29) is 49.2 Å². The molecule has 3 rings (SSSR count). The highest BCUT2D eigenvalue weighted by Gasteiger charge is 2.24. The third kappa shape index (κ3) is 6.69. The molecule has 0 saturated carbocycles. The van der Waals surface area contributed by atoms with Crippen LogP contribution in [0.2, 0.25) is 5.02 Å². The summed E-state index contributed by atoms with van der Waals surface area (Å²) >= 11 is 5.91. The van der Waals surface area contributed by atoms with Crippen molar-refractivity contribution in [3.63, 3.8) is 0 Å². The summed E-state index contributed by atoms with van der Waals surface area (Å²) in [5.74, 6) is -0.242. The standard InChI is InChI=1S/C17H23ClN4O3.2ClH/c18-13-1-3-14(4-2-13)21-6-8-22(9-7-21)16(23)11-20-17(24)15-12-25-10-5-19-15;;/h1-4,15,19H,5-12H2,(H,20,24);2*1H. The summed E-state index contributed by atoms with van der Waals surface area (Å²) in [4.78, 5) is 28.3. The first-order valence-electron chi connectivity index (χ1n) is 8.50. The lowest BCUT2D eigenvalue weighted by molar-refractivity contribution is -0.134. The second-order valence-electron chi connectivity index (χ2n) is 6.14. The van der Waals surface area contributed by atoms with Crippen LogP contribution in [0.25, 0.3) is 0 Å². The van der Waals surface area contributed by atoms with E-state index < -0.39 is 0 Å². The molecule has 0 radical (unpaired) electrons. The molecular formula is C17H25Cl3N4O3. The first-order chi connectivity index (χ1) is 12.1. The first kappa shape index (κ1) is 23.8. The van der Waals surface area contributed by atoms with Gasteiger partial charge in [0.05, 0.1) is 19.8 Å². The van der Waals surface area contributed by atoms with Gasteiger partial charge in [-0.25, -0.2) is 0 Å². The Balaban J connectivity index is 0.00000182. The third-order valence-corrected chi connectivity index (χ3v) is 4.73. The van der Waals surface area contributed by atoms with Crippen molar-refractivity contribution in [3.8, 4) is 0 Å². The Morgan fingerprint density at radius 3 is 2.41 bits per heavy atom. The molecule has 2 amide bonds. The minimum absolute atomic E-state index is 0. The maximum Gasteiger partial charge on any atom is 0.242 e. The summed E-state index contributed by atoms with van der Waals surface area (Å²) in [6, 6.07) is 7.33. The van der Waals surface area contributed by atoms with E-state index in [0.29, 0.717) is 37.9 Å². The van der Waals surface area contributed by atoms with Crippen LogP contribution < -0.4 is 15.5 Å². The number of hydrogen-bond acceptors (Lipinski definition) is 5. The van der Waals surface area contributed by atoms with Crippen LogP contribution in [0.1, 0.15) is 0 Å². The fraction of sp³-hybridized carbons (Fsp3) is 0.529. The second kappa shape index (κ2) is 11.6. The number of hydrogen-bond donors (Lipinski definition) is 2. The predicted octanol–water partition coefficient (Wildman–Crippen LogP) is 0.937. The van der Waals surface area contributed by atoms with Gasteiger partial charge in [-0.1, -0.05) is 11.6 Å². The molecule has 0 spiro atoms. The topological polar surface area (TPSA) is 73.9 Å². The fourth-order valence-corrected chi connectivity index (χ4v) is 3.12. The SMILES string of the molecule is Cl.Cl.O=C(NCC(=O)N1CCN(c2ccc(Cl)cc2)CC1)C1COCCN1. The van der Waals surface area contributed by atoms with Crippen molar-refractivity contribution in [3.05, 3.63) is 29.3 Å². The van der Waals surface area contributed by atoms with Crippen LogP contribution in [0.3, 0.4) is 0 Å². The summed E-state index contributed by atoms with van der Waals surface area (Å²) < 4.78 is 5.26. The van der Waals surface area contributed by atoms with Crippen molar-refractivity contribution in [2.24, 2.45) is 0 Å². The summed E-state index contributed by atoms with van der Waals surface area (Å²) in [6.45, 7) is 4.44. The molecule has 2 aliphatic heterocycles. The van der Waals surface area contributed by atoms with Gasteiger partial charge in [-0.15, -0.1) is 24.8 Å². The number of nitrogens with zero attached hydrogens (tertiary/aromatic N) is 2. The van der Waals surface area contributed by atoms with E-state index in [1.807, 2.05) is 24.3 Å². The van der Waals surface area contributed by atoms with Crippen molar-refractivity contribution in [1.82, 2.24) is 15.5 Å². The van der Waals surface area contributed by atoms with Crippen LogP contribution in [-0.2, 0) is 14.3 Å². The third-order valence-electron chi connectivity index (χ3n) is 4.48. The molecule has 0 aliphatic carbocycles. The molecule has 27 heavy (non-hydrogen) atoms. The minimum Gasteiger partial charge on any atom is -0.378 e. The average Bonchev–Trinajstić information content (AvgIpc) is 2.67. The van der Waals surface area contributed by atoms with Crippen LogP contribution in [-0.4, -0.2) is 75.2 Å². The maximum atomic E-state index is 12.3. The van der Waals surface area contributed by atoms with E-state index >= 15 is 0 Å². The molecule has 2 heterocycles. The average molecular weight is 440 g/mol. The number of amides is 2. The Morgan fingerprint density at radius 1 is 1.15 bits per heavy atom. The lowest BCUT2D eigenvalue weighted by atomic mass is 10.2. The van der Waals surface area contributed by atoms with Crippen molar-refractivity contribution >= 4 is 53.9 Å². The minimum atomic E-state index is -0.372. The summed E-state index contributed by atoms with van der Waals surface area (Å²) in [7, 11) is 0. The lowest BCUT2D eigenvalue weighted by Crippen LogP contribution is -2.54. The van der Waals surface area contributed by atoms with Crippen molar-refractivity contribution in [1.29, 1.82) is 0 Å². The van der Waals surface area contributed by atoms with Gasteiger partial charge in [0.25, 0.3) is 0 Å².